The van der Waals surface area contributed by atoms with E-state index in [0.717, 1.165) is 50.0 Å². The molecule has 0 saturated carbocycles. The first-order valence-electron chi connectivity index (χ1n) is 15.2. The van der Waals surface area contributed by atoms with Crippen molar-refractivity contribution in [3.05, 3.63) is 158 Å². The van der Waals surface area contributed by atoms with Crippen LogP contribution in [-0.4, -0.2) is 29.3 Å². The predicted octanol–water partition coefficient (Wildman–Crippen LogP) is 9.31. The van der Waals surface area contributed by atoms with Crippen LogP contribution in [-0.2, 0) is 0 Å². The molecule has 0 atom stereocenters. The van der Waals surface area contributed by atoms with Crippen molar-refractivity contribution in [2.75, 3.05) is 0 Å². The van der Waals surface area contributed by atoms with Crippen molar-refractivity contribution in [2.24, 2.45) is 0 Å². The zero-order chi connectivity index (χ0) is 30.5. The summed E-state index contributed by atoms with van der Waals surface area (Å²) >= 11 is 0. The summed E-state index contributed by atoms with van der Waals surface area (Å²) in [6, 6.07) is 52.0. The van der Waals surface area contributed by atoms with Gasteiger partial charge in [-0.15, -0.1) is 0 Å². The maximum absolute atomic E-state index is 5.07. The predicted molar refractivity (Wildman–Crippen MR) is 185 cm³/mol. The summed E-state index contributed by atoms with van der Waals surface area (Å²) in [5.41, 5.74) is 7.92. The molecule has 46 heavy (non-hydrogen) atoms. The molecule has 216 valence electrons. The van der Waals surface area contributed by atoms with Crippen LogP contribution in [0.3, 0.4) is 0 Å². The van der Waals surface area contributed by atoms with Gasteiger partial charge >= 0.3 is 0 Å². The number of hydrogen-bond acceptors (Lipinski definition) is 4. The second-order valence-electron chi connectivity index (χ2n) is 11.3. The SMILES string of the molecule is c1ccc(-c2nc(-c3ccccc3)nc(-c3cc(-n4ncc5ccccc54)cc(-n4c5ccccc5c5ccccc54)c3)n2)cc1. The fourth-order valence-electron chi connectivity index (χ4n) is 6.29. The average Bonchev–Trinajstić information content (AvgIpc) is 3.72. The zero-order valence-electron chi connectivity index (χ0n) is 24.7. The van der Waals surface area contributed by atoms with Crippen LogP contribution in [0.5, 0.6) is 0 Å². The van der Waals surface area contributed by atoms with E-state index in [2.05, 4.69) is 83.4 Å². The van der Waals surface area contributed by atoms with Crippen LogP contribution in [0.25, 0.3) is 78.2 Å². The van der Waals surface area contributed by atoms with Gasteiger partial charge in [-0.3, -0.25) is 0 Å². The Morgan fingerprint density at radius 2 is 0.870 bits per heavy atom. The smallest absolute Gasteiger partial charge is 0.164 e. The van der Waals surface area contributed by atoms with Crippen molar-refractivity contribution in [1.29, 1.82) is 0 Å². The minimum Gasteiger partial charge on any atom is -0.309 e. The first-order chi connectivity index (χ1) is 22.8. The maximum Gasteiger partial charge on any atom is 0.164 e. The molecule has 6 aromatic carbocycles. The quantitative estimate of drug-likeness (QED) is 0.200. The van der Waals surface area contributed by atoms with Crippen molar-refractivity contribution in [1.82, 2.24) is 29.3 Å². The van der Waals surface area contributed by atoms with Crippen LogP contribution in [0.15, 0.2) is 158 Å². The molecule has 0 spiro atoms. The Morgan fingerprint density at radius 1 is 0.391 bits per heavy atom. The van der Waals surface area contributed by atoms with Crippen LogP contribution in [0.1, 0.15) is 0 Å². The molecular weight excluding hydrogens is 564 g/mol. The summed E-state index contributed by atoms with van der Waals surface area (Å²) < 4.78 is 4.31. The van der Waals surface area contributed by atoms with Crippen LogP contribution < -0.4 is 0 Å². The highest BCUT2D eigenvalue weighted by Crippen LogP contribution is 2.35. The Hall–Kier alpha value is -6.40. The van der Waals surface area contributed by atoms with Crippen molar-refractivity contribution >= 4 is 32.7 Å². The van der Waals surface area contributed by atoms with Crippen LogP contribution in [0.2, 0.25) is 0 Å². The van der Waals surface area contributed by atoms with E-state index >= 15 is 0 Å². The molecule has 6 nitrogen and oxygen atoms in total. The van der Waals surface area contributed by atoms with E-state index in [1.165, 1.54) is 10.8 Å². The summed E-state index contributed by atoms with van der Waals surface area (Å²) in [5.74, 6) is 1.84. The van der Waals surface area contributed by atoms with Gasteiger partial charge in [0.25, 0.3) is 0 Å². The van der Waals surface area contributed by atoms with Gasteiger partial charge in [-0.05, 0) is 36.4 Å². The van der Waals surface area contributed by atoms with E-state index in [0.29, 0.717) is 17.5 Å². The number of aromatic nitrogens is 6. The van der Waals surface area contributed by atoms with Crippen molar-refractivity contribution < 1.29 is 0 Å². The van der Waals surface area contributed by atoms with Gasteiger partial charge in [0.05, 0.1) is 28.4 Å². The molecule has 0 radical (unpaired) electrons. The molecule has 0 fully saturated rings. The van der Waals surface area contributed by atoms with Gasteiger partial charge in [0, 0.05) is 38.5 Å². The zero-order valence-corrected chi connectivity index (χ0v) is 24.7. The summed E-state index contributed by atoms with van der Waals surface area (Å²) in [4.78, 5) is 15.1. The van der Waals surface area contributed by atoms with Crippen LogP contribution in [0.4, 0.5) is 0 Å². The molecule has 9 aromatic rings. The van der Waals surface area contributed by atoms with Gasteiger partial charge in [0.1, 0.15) is 0 Å². The van der Waals surface area contributed by atoms with Crippen LogP contribution in [0, 0.1) is 0 Å². The van der Waals surface area contributed by atoms with Crippen LogP contribution >= 0.6 is 0 Å². The standard InChI is InChI=1S/C40H26N6/c1-3-13-27(14-4-1)38-42-39(28-15-5-2-6-16-28)44-40(43-38)30-23-31(25-32(24-30)46-35-20-10-7-17-29(35)26-41-46)45-36-21-11-8-18-33(36)34-19-9-12-22-37(34)45/h1-26H. The summed E-state index contributed by atoms with van der Waals surface area (Å²) in [6.45, 7) is 0. The van der Waals surface area contributed by atoms with Crippen molar-refractivity contribution in [3.63, 3.8) is 0 Å². The van der Waals surface area contributed by atoms with E-state index in [9.17, 15) is 0 Å². The maximum atomic E-state index is 5.07. The molecule has 0 aliphatic heterocycles. The number of benzene rings is 6. The second kappa shape index (κ2) is 10.6. The molecule has 9 rings (SSSR count). The minimum atomic E-state index is 0.591. The molecular formula is C40H26N6. The molecule has 3 heterocycles. The molecule has 0 N–H and O–H groups in total. The Labute approximate surface area is 264 Å². The lowest BCUT2D eigenvalue weighted by atomic mass is 10.1. The minimum absolute atomic E-state index is 0.591. The molecule has 3 aromatic heterocycles. The lowest BCUT2D eigenvalue weighted by Gasteiger charge is -2.14. The fourth-order valence-corrected chi connectivity index (χ4v) is 6.29. The largest absolute Gasteiger partial charge is 0.309 e. The van der Waals surface area contributed by atoms with Gasteiger partial charge < -0.3 is 4.57 Å². The summed E-state index contributed by atoms with van der Waals surface area (Å²) in [6.07, 6.45) is 1.91. The molecule has 0 bridgehead atoms. The highest BCUT2D eigenvalue weighted by atomic mass is 15.3. The summed E-state index contributed by atoms with van der Waals surface area (Å²) in [5, 5.41) is 8.31. The normalized spacial score (nSPS) is 11.5. The Balaban J connectivity index is 1.35. The van der Waals surface area contributed by atoms with Crippen molar-refractivity contribution in [2.45, 2.75) is 0 Å². The molecule has 6 heteroatoms. The monoisotopic (exact) mass is 590 g/mol. The first kappa shape index (κ1) is 26.0. The highest BCUT2D eigenvalue weighted by molar-refractivity contribution is 6.09. The number of nitrogens with zero attached hydrogens (tertiary/aromatic N) is 6. The number of para-hydroxylation sites is 3. The topological polar surface area (TPSA) is 61.4 Å². The number of fused-ring (bicyclic) bond motifs is 4. The van der Waals surface area contributed by atoms with E-state index in [4.69, 9.17) is 20.1 Å². The Morgan fingerprint density at radius 3 is 1.48 bits per heavy atom. The summed E-state index contributed by atoms with van der Waals surface area (Å²) in [7, 11) is 0. The van der Waals surface area contributed by atoms with E-state index < -0.39 is 0 Å². The fraction of sp³-hybridized carbons (Fsp3) is 0. The number of hydrogen-bond donors (Lipinski definition) is 0. The van der Waals surface area contributed by atoms with E-state index in [-0.39, 0.29) is 0 Å². The van der Waals surface area contributed by atoms with Crippen molar-refractivity contribution in [3.8, 4) is 45.5 Å². The molecule has 0 saturated heterocycles. The molecule has 0 aliphatic rings. The van der Waals surface area contributed by atoms with Gasteiger partial charge in [0.2, 0.25) is 0 Å². The van der Waals surface area contributed by atoms with Gasteiger partial charge in [0.15, 0.2) is 17.5 Å². The average molecular weight is 591 g/mol. The van der Waals surface area contributed by atoms with Gasteiger partial charge in [-0.2, -0.15) is 5.10 Å². The second-order valence-corrected chi connectivity index (χ2v) is 11.3. The first-order valence-corrected chi connectivity index (χ1v) is 15.2. The van der Waals surface area contributed by atoms with Gasteiger partial charge in [-0.1, -0.05) is 115 Å². The third-order valence-corrected chi connectivity index (χ3v) is 8.42. The third kappa shape index (κ3) is 4.35. The molecule has 0 unspecified atom stereocenters. The molecule has 0 amide bonds. The lowest BCUT2D eigenvalue weighted by Crippen LogP contribution is -2.04. The van der Waals surface area contributed by atoms with E-state index in [1.807, 2.05) is 83.7 Å². The highest BCUT2D eigenvalue weighted by Gasteiger charge is 2.18. The van der Waals surface area contributed by atoms with E-state index in [1.54, 1.807) is 0 Å². The Bertz CT molecular complexity index is 2420. The van der Waals surface area contributed by atoms with Gasteiger partial charge in [-0.25, -0.2) is 19.6 Å². The Kier molecular flexibility index (Phi) is 6.03. The third-order valence-electron chi connectivity index (χ3n) is 8.42. The lowest BCUT2D eigenvalue weighted by molar-refractivity contribution is 0.908. The number of rotatable bonds is 5. The molecule has 0 aliphatic carbocycles.